The number of sulfonamides is 1. The smallest absolute Gasteiger partial charge is 0.338 e. The van der Waals surface area contributed by atoms with E-state index in [0.29, 0.717) is 0 Å². The lowest BCUT2D eigenvalue weighted by Gasteiger charge is -2.19. The van der Waals surface area contributed by atoms with E-state index in [4.69, 9.17) is 9.88 Å². The number of nitrogens with two attached hydrogens (primary N) is 1. The third-order valence-electron chi connectivity index (χ3n) is 2.89. The number of hydrogen-bond donors (Lipinski definition) is 1. The largest absolute Gasteiger partial charge is 0.456 e. The molecule has 1 heterocycles. The van der Waals surface area contributed by atoms with Gasteiger partial charge in [0.1, 0.15) is 5.60 Å². The fraction of sp³-hybridized carbons (Fsp3) is 0.250. The van der Waals surface area contributed by atoms with Crippen LogP contribution < -0.4 is 5.14 Å². The monoisotopic (exact) mass is 367 g/mol. The molecule has 24 heavy (non-hydrogen) atoms. The van der Waals surface area contributed by atoms with Crippen LogP contribution in [-0.4, -0.2) is 25.8 Å². The first-order valence-corrected chi connectivity index (χ1v) is 9.39. The SMILES string of the molecule is CC(C)(C)OC(=O)c1cccc(C(=O)c2cc(S(N)(=O)=O)cs2)c1. The number of carbonyl (C=O) groups excluding carboxylic acids is 2. The maximum atomic E-state index is 12.5. The molecule has 0 aliphatic rings. The summed E-state index contributed by atoms with van der Waals surface area (Å²) >= 11 is 0.979. The number of carbonyl (C=O) groups is 2. The summed E-state index contributed by atoms with van der Waals surface area (Å²) < 4.78 is 27.9. The molecule has 0 saturated heterocycles. The van der Waals surface area contributed by atoms with Gasteiger partial charge in [0.15, 0.2) is 0 Å². The highest BCUT2D eigenvalue weighted by atomic mass is 32.2. The Morgan fingerprint density at radius 2 is 1.75 bits per heavy atom. The molecule has 0 unspecified atom stereocenters. The van der Waals surface area contributed by atoms with Gasteiger partial charge < -0.3 is 4.74 Å². The molecule has 1 aromatic heterocycles. The van der Waals surface area contributed by atoms with Gasteiger partial charge in [-0.25, -0.2) is 18.4 Å². The quantitative estimate of drug-likeness (QED) is 0.661. The minimum atomic E-state index is -3.86. The van der Waals surface area contributed by atoms with Crippen LogP contribution in [0.1, 0.15) is 46.4 Å². The number of ether oxygens (including phenoxy) is 1. The predicted molar refractivity (Wildman–Crippen MR) is 90.7 cm³/mol. The van der Waals surface area contributed by atoms with Gasteiger partial charge in [-0.1, -0.05) is 12.1 Å². The summed E-state index contributed by atoms with van der Waals surface area (Å²) in [4.78, 5) is 24.7. The van der Waals surface area contributed by atoms with Crippen molar-refractivity contribution in [2.45, 2.75) is 31.3 Å². The van der Waals surface area contributed by atoms with Crippen LogP contribution in [0, 0.1) is 0 Å². The third-order valence-corrected chi connectivity index (χ3v) is 4.86. The van der Waals surface area contributed by atoms with Gasteiger partial charge in [-0.05, 0) is 39.0 Å². The zero-order valence-electron chi connectivity index (χ0n) is 13.4. The van der Waals surface area contributed by atoms with E-state index < -0.39 is 21.6 Å². The Bertz CT molecular complexity index is 891. The first-order valence-electron chi connectivity index (χ1n) is 6.97. The summed E-state index contributed by atoms with van der Waals surface area (Å²) in [7, 11) is -3.86. The molecule has 6 nitrogen and oxygen atoms in total. The van der Waals surface area contributed by atoms with Crippen molar-refractivity contribution in [1.29, 1.82) is 0 Å². The summed E-state index contributed by atoms with van der Waals surface area (Å²) in [6.45, 7) is 5.25. The van der Waals surface area contributed by atoms with Gasteiger partial charge in [0.2, 0.25) is 15.8 Å². The van der Waals surface area contributed by atoms with Crippen molar-refractivity contribution in [1.82, 2.24) is 0 Å². The summed E-state index contributed by atoms with van der Waals surface area (Å²) in [5.74, 6) is -0.922. The van der Waals surface area contributed by atoms with Crippen LogP contribution in [-0.2, 0) is 14.8 Å². The topological polar surface area (TPSA) is 104 Å². The van der Waals surface area contributed by atoms with Gasteiger partial charge in [-0.15, -0.1) is 11.3 Å². The van der Waals surface area contributed by atoms with E-state index in [9.17, 15) is 18.0 Å². The molecule has 0 amide bonds. The Hall–Kier alpha value is -2.03. The average molecular weight is 367 g/mol. The normalized spacial score (nSPS) is 12.0. The fourth-order valence-electron chi connectivity index (χ4n) is 1.85. The van der Waals surface area contributed by atoms with Gasteiger partial charge >= 0.3 is 5.97 Å². The number of rotatable bonds is 4. The van der Waals surface area contributed by atoms with E-state index >= 15 is 0 Å². The highest BCUT2D eigenvalue weighted by molar-refractivity contribution is 7.89. The van der Waals surface area contributed by atoms with Crippen molar-refractivity contribution in [3.05, 3.63) is 51.7 Å². The van der Waals surface area contributed by atoms with Crippen molar-refractivity contribution < 1.29 is 22.7 Å². The second-order valence-electron chi connectivity index (χ2n) is 6.10. The van der Waals surface area contributed by atoms with E-state index in [0.717, 1.165) is 11.3 Å². The molecule has 0 radical (unpaired) electrons. The number of hydrogen-bond acceptors (Lipinski definition) is 6. The number of ketones is 1. The minimum absolute atomic E-state index is 0.112. The Balaban J connectivity index is 2.30. The first-order chi connectivity index (χ1) is 11.0. The van der Waals surface area contributed by atoms with Crippen LogP contribution in [0.25, 0.3) is 0 Å². The highest BCUT2D eigenvalue weighted by Crippen LogP contribution is 2.22. The summed E-state index contributed by atoms with van der Waals surface area (Å²) in [6, 6.07) is 7.32. The van der Waals surface area contributed by atoms with Crippen LogP contribution in [0.2, 0.25) is 0 Å². The number of primary sulfonamides is 1. The van der Waals surface area contributed by atoms with Crippen LogP contribution in [0.5, 0.6) is 0 Å². The molecule has 128 valence electrons. The van der Waals surface area contributed by atoms with Gasteiger partial charge in [0.25, 0.3) is 0 Å². The molecule has 2 N–H and O–H groups in total. The van der Waals surface area contributed by atoms with Crippen LogP contribution >= 0.6 is 11.3 Å². The molecule has 8 heteroatoms. The van der Waals surface area contributed by atoms with Gasteiger partial charge in [-0.3, -0.25) is 4.79 Å². The standard InChI is InChI=1S/C16H17NO5S2/c1-16(2,3)22-15(19)11-6-4-5-10(7-11)14(18)13-8-12(9-23-13)24(17,20)21/h4-9H,1-3H3,(H2,17,20,21). The molecular formula is C16H17NO5S2. The van der Waals surface area contributed by atoms with E-state index in [1.807, 2.05) is 0 Å². The zero-order valence-corrected chi connectivity index (χ0v) is 15.0. The number of benzene rings is 1. The molecule has 2 aromatic rings. The van der Waals surface area contributed by atoms with E-state index in [1.54, 1.807) is 39.0 Å². The van der Waals surface area contributed by atoms with Crippen molar-refractivity contribution >= 4 is 33.1 Å². The lowest BCUT2D eigenvalue weighted by atomic mass is 10.1. The molecule has 0 fully saturated rings. The third kappa shape index (κ3) is 4.50. The molecule has 0 aliphatic heterocycles. The molecule has 0 saturated carbocycles. The van der Waals surface area contributed by atoms with Crippen LogP contribution in [0.3, 0.4) is 0 Å². The molecule has 0 aliphatic carbocycles. The van der Waals surface area contributed by atoms with E-state index in [-0.39, 0.29) is 26.7 Å². The van der Waals surface area contributed by atoms with Crippen molar-refractivity contribution in [3.8, 4) is 0 Å². The maximum absolute atomic E-state index is 12.5. The molecular weight excluding hydrogens is 350 g/mol. The van der Waals surface area contributed by atoms with Crippen molar-refractivity contribution in [2.24, 2.45) is 5.14 Å². The second-order valence-corrected chi connectivity index (χ2v) is 8.58. The summed E-state index contributed by atoms with van der Waals surface area (Å²) in [5, 5.41) is 6.34. The van der Waals surface area contributed by atoms with E-state index in [1.165, 1.54) is 17.5 Å². The summed E-state index contributed by atoms with van der Waals surface area (Å²) in [6.07, 6.45) is 0. The lowest BCUT2D eigenvalue weighted by molar-refractivity contribution is 0.00695. The Labute approximate surface area is 144 Å². The molecule has 0 atom stereocenters. The molecule has 0 bridgehead atoms. The molecule has 0 spiro atoms. The summed E-state index contributed by atoms with van der Waals surface area (Å²) in [5.41, 5.74) is -0.130. The van der Waals surface area contributed by atoms with Crippen LogP contribution in [0.4, 0.5) is 0 Å². The second kappa shape index (κ2) is 6.46. The van der Waals surface area contributed by atoms with Crippen molar-refractivity contribution in [2.75, 3.05) is 0 Å². The molecule has 2 rings (SSSR count). The fourth-order valence-corrected chi connectivity index (χ4v) is 3.62. The van der Waals surface area contributed by atoms with E-state index in [2.05, 4.69) is 0 Å². The van der Waals surface area contributed by atoms with Crippen molar-refractivity contribution in [3.63, 3.8) is 0 Å². The lowest BCUT2D eigenvalue weighted by Crippen LogP contribution is -2.24. The zero-order chi connectivity index (χ0) is 18.1. The Morgan fingerprint density at radius 3 is 2.29 bits per heavy atom. The number of thiophene rings is 1. The average Bonchev–Trinajstić information content (AvgIpc) is 2.94. The van der Waals surface area contributed by atoms with Gasteiger partial charge in [0.05, 0.1) is 15.3 Å². The minimum Gasteiger partial charge on any atom is -0.456 e. The van der Waals surface area contributed by atoms with Crippen LogP contribution in [0.15, 0.2) is 40.6 Å². The van der Waals surface area contributed by atoms with Gasteiger partial charge in [0, 0.05) is 10.9 Å². The Kier molecular flexibility index (Phi) is 4.93. The predicted octanol–water partition coefficient (Wildman–Crippen LogP) is 2.58. The van der Waals surface area contributed by atoms with Gasteiger partial charge in [-0.2, -0.15) is 0 Å². The highest BCUT2D eigenvalue weighted by Gasteiger charge is 2.20. The molecule has 1 aromatic carbocycles. The Morgan fingerprint density at radius 1 is 1.12 bits per heavy atom. The maximum Gasteiger partial charge on any atom is 0.338 e. The first kappa shape index (κ1) is 18.3. The number of esters is 1.